The highest BCUT2D eigenvalue weighted by Crippen LogP contribution is 2.13. The molecule has 84 valence electrons. The first-order valence-corrected chi connectivity index (χ1v) is 5.02. The summed E-state index contributed by atoms with van der Waals surface area (Å²) in [5.41, 5.74) is 0.547. The Hall–Kier alpha value is -1.95. The molecule has 0 aliphatic carbocycles. The van der Waals surface area contributed by atoms with Crippen LogP contribution in [0.3, 0.4) is 0 Å². The summed E-state index contributed by atoms with van der Waals surface area (Å²) in [4.78, 5) is 17.6. The van der Waals surface area contributed by atoms with E-state index in [1.54, 1.807) is 12.3 Å². The molecule has 0 aromatic carbocycles. The maximum atomic E-state index is 10.9. The predicted molar refractivity (Wildman–Crippen MR) is 57.7 cm³/mol. The Labute approximate surface area is 91.7 Å². The fourth-order valence-electron chi connectivity index (χ4n) is 1.22. The van der Waals surface area contributed by atoms with Crippen molar-refractivity contribution in [1.29, 1.82) is 0 Å². The Morgan fingerprint density at radius 1 is 1.50 bits per heavy atom. The Kier molecular flexibility index (Phi) is 3.11. The number of pyridine rings is 1. The Balaban J connectivity index is 2.18. The van der Waals surface area contributed by atoms with Crippen molar-refractivity contribution in [2.75, 3.05) is 6.54 Å². The van der Waals surface area contributed by atoms with E-state index in [1.165, 1.54) is 6.07 Å². The zero-order chi connectivity index (χ0) is 11.4. The van der Waals surface area contributed by atoms with E-state index in [-0.39, 0.29) is 5.56 Å². The van der Waals surface area contributed by atoms with Crippen LogP contribution in [0, 0.1) is 0 Å². The summed E-state index contributed by atoms with van der Waals surface area (Å²) in [5, 5.41) is 6.91. The maximum absolute atomic E-state index is 10.9. The highest BCUT2D eigenvalue weighted by atomic mass is 16.5. The lowest BCUT2D eigenvalue weighted by atomic mass is 10.3. The molecule has 2 heterocycles. The molecular formula is C10H12N4O2. The molecule has 2 rings (SSSR count). The number of rotatable bonds is 4. The van der Waals surface area contributed by atoms with E-state index in [0.29, 0.717) is 23.8 Å². The van der Waals surface area contributed by atoms with Gasteiger partial charge in [-0.1, -0.05) is 12.1 Å². The van der Waals surface area contributed by atoms with Gasteiger partial charge < -0.3 is 14.8 Å². The van der Waals surface area contributed by atoms with Crippen molar-refractivity contribution in [3.05, 3.63) is 34.5 Å². The molecule has 16 heavy (non-hydrogen) atoms. The molecule has 0 fully saturated rings. The third kappa shape index (κ3) is 2.34. The Bertz CT molecular complexity index is 497. The van der Waals surface area contributed by atoms with E-state index < -0.39 is 0 Å². The van der Waals surface area contributed by atoms with Crippen molar-refractivity contribution >= 4 is 0 Å². The first kappa shape index (κ1) is 10.6. The fourth-order valence-corrected chi connectivity index (χ4v) is 1.22. The van der Waals surface area contributed by atoms with Crippen molar-refractivity contribution < 1.29 is 4.52 Å². The SMILES string of the molecule is CCNCc1noc(-c2ccc(=O)[nH]c2)n1. The number of hydrogen-bond acceptors (Lipinski definition) is 5. The van der Waals surface area contributed by atoms with Crippen molar-refractivity contribution in [2.45, 2.75) is 13.5 Å². The van der Waals surface area contributed by atoms with Crippen LogP contribution < -0.4 is 10.9 Å². The van der Waals surface area contributed by atoms with Gasteiger partial charge in [-0.05, 0) is 12.6 Å². The summed E-state index contributed by atoms with van der Waals surface area (Å²) >= 11 is 0. The van der Waals surface area contributed by atoms with Crippen LogP contribution >= 0.6 is 0 Å². The van der Waals surface area contributed by atoms with Gasteiger partial charge in [0.25, 0.3) is 5.89 Å². The molecule has 0 spiro atoms. The minimum Gasteiger partial charge on any atom is -0.334 e. The molecule has 0 bridgehead atoms. The summed E-state index contributed by atoms with van der Waals surface area (Å²) in [6, 6.07) is 3.06. The van der Waals surface area contributed by atoms with Crippen LogP contribution in [0.1, 0.15) is 12.7 Å². The van der Waals surface area contributed by atoms with Crippen LogP contribution in [0.5, 0.6) is 0 Å². The van der Waals surface area contributed by atoms with E-state index in [2.05, 4.69) is 20.4 Å². The molecule has 0 radical (unpaired) electrons. The third-order valence-corrected chi connectivity index (χ3v) is 2.03. The maximum Gasteiger partial charge on any atom is 0.259 e. The number of aromatic nitrogens is 3. The zero-order valence-corrected chi connectivity index (χ0v) is 8.86. The van der Waals surface area contributed by atoms with Gasteiger partial charge in [0.2, 0.25) is 5.56 Å². The minimum absolute atomic E-state index is 0.156. The number of aromatic amines is 1. The number of nitrogens with zero attached hydrogens (tertiary/aromatic N) is 2. The van der Waals surface area contributed by atoms with Gasteiger partial charge in [-0.15, -0.1) is 0 Å². The molecular weight excluding hydrogens is 208 g/mol. The summed E-state index contributed by atoms with van der Waals surface area (Å²) in [6.07, 6.45) is 1.55. The molecule has 2 N–H and O–H groups in total. The molecule has 0 saturated heterocycles. The van der Waals surface area contributed by atoms with Crippen LogP contribution in [-0.2, 0) is 6.54 Å². The van der Waals surface area contributed by atoms with Gasteiger partial charge in [-0.2, -0.15) is 4.98 Å². The van der Waals surface area contributed by atoms with Crippen molar-refractivity contribution in [2.24, 2.45) is 0 Å². The standard InChI is InChI=1S/C10H12N4O2/c1-2-11-6-8-13-10(16-14-8)7-3-4-9(15)12-5-7/h3-5,11H,2,6H2,1H3,(H,12,15). The fraction of sp³-hybridized carbons (Fsp3) is 0.300. The molecule has 0 unspecified atom stereocenters. The van der Waals surface area contributed by atoms with Gasteiger partial charge in [0, 0.05) is 12.3 Å². The summed E-state index contributed by atoms with van der Waals surface area (Å²) in [6.45, 7) is 3.43. The molecule has 0 amide bonds. The van der Waals surface area contributed by atoms with Crippen molar-refractivity contribution in [3.8, 4) is 11.5 Å². The van der Waals surface area contributed by atoms with Crippen molar-refractivity contribution in [1.82, 2.24) is 20.4 Å². The number of hydrogen-bond donors (Lipinski definition) is 2. The first-order valence-electron chi connectivity index (χ1n) is 5.02. The highest BCUT2D eigenvalue weighted by molar-refractivity contribution is 5.50. The Morgan fingerprint density at radius 3 is 3.06 bits per heavy atom. The lowest BCUT2D eigenvalue weighted by Crippen LogP contribution is -2.12. The average molecular weight is 220 g/mol. The van der Waals surface area contributed by atoms with Crippen LogP contribution in [-0.4, -0.2) is 21.7 Å². The quantitative estimate of drug-likeness (QED) is 0.785. The number of H-pyrrole nitrogens is 1. The second-order valence-corrected chi connectivity index (χ2v) is 3.24. The number of nitrogens with one attached hydrogen (secondary N) is 2. The second kappa shape index (κ2) is 4.71. The predicted octanol–water partition coefficient (Wildman–Crippen LogP) is 0.534. The molecule has 0 aliphatic heterocycles. The van der Waals surface area contributed by atoms with E-state index in [9.17, 15) is 4.79 Å². The molecule has 0 atom stereocenters. The van der Waals surface area contributed by atoms with Gasteiger partial charge in [-0.3, -0.25) is 4.79 Å². The minimum atomic E-state index is -0.156. The van der Waals surface area contributed by atoms with Gasteiger partial charge in [0.1, 0.15) is 0 Å². The van der Waals surface area contributed by atoms with E-state index in [4.69, 9.17) is 4.52 Å². The zero-order valence-electron chi connectivity index (χ0n) is 8.86. The second-order valence-electron chi connectivity index (χ2n) is 3.24. The normalized spacial score (nSPS) is 10.6. The van der Waals surface area contributed by atoms with Crippen LogP contribution in [0.2, 0.25) is 0 Å². The average Bonchev–Trinajstić information content (AvgIpc) is 2.76. The molecule has 6 nitrogen and oxygen atoms in total. The topological polar surface area (TPSA) is 83.8 Å². The third-order valence-electron chi connectivity index (χ3n) is 2.03. The highest BCUT2D eigenvalue weighted by Gasteiger charge is 2.07. The van der Waals surface area contributed by atoms with Crippen LogP contribution in [0.15, 0.2) is 27.6 Å². The first-order chi connectivity index (χ1) is 7.79. The smallest absolute Gasteiger partial charge is 0.259 e. The van der Waals surface area contributed by atoms with Crippen molar-refractivity contribution in [3.63, 3.8) is 0 Å². The van der Waals surface area contributed by atoms with Gasteiger partial charge in [-0.25, -0.2) is 0 Å². The molecule has 0 aliphatic rings. The van der Waals surface area contributed by atoms with Crippen LogP contribution in [0.25, 0.3) is 11.5 Å². The van der Waals surface area contributed by atoms with E-state index in [0.717, 1.165) is 6.54 Å². The molecule has 6 heteroatoms. The monoisotopic (exact) mass is 220 g/mol. The summed E-state index contributed by atoms with van der Waals surface area (Å²) in [5.74, 6) is 1.01. The van der Waals surface area contributed by atoms with Gasteiger partial charge in [0.05, 0.1) is 12.1 Å². The van der Waals surface area contributed by atoms with E-state index in [1.807, 2.05) is 6.92 Å². The van der Waals surface area contributed by atoms with E-state index >= 15 is 0 Å². The molecule has 0 saturated carbocycles. The summed E-state index contributed by atoms with van der Waals surface area (Å²) < 4.78 is 5.06. The van der Waals surface area contributed by atoms with Gasteiger partial charge in [0.15, 0.2) is 5.82 Å². The Morgan fingerprint density at radius 2 is 2.38 bits per heavy atom. The van der Waals surface area contributed by atoms with Gasteiger partial charge >= 0.3 is 0 Å². The lowest BCUT2D eigenvalue weighted by molar-refractivity contribution is 0.419. The molecule has 2 aromatic heterocycles. The largest absolute Gasteiger partial charge is 0.334 e. The lowest BCUT2D eigenvalue weighted by Gasteiger charge is -1.93. The van der Waals surface area contributed by atoms with Crippen LogP contribution in [0.4, 0.5) is 0 Å². The molecule has 2 aromatic rings. The summed E-state index contributed by atoms with van der Waals surface area (Å²) in [7, 11) is 0.